The van der Waals surface area contributed by atoms with Gasteiger partial charge in [0.15, 0.2) is 0 Å². The SMILES string of the molecule is CCCC1C2C[C@@H](CO)C3=CCCCC3C2CCC1(CC)CC. The predicted molar refractivity (Wildman–Crippen MR) is 98.2 cm³/mol. The molecule has 0 heterocycles. The van der Waals surface area contributed by atoms with Crippen LogP contribution in [0.3, 0.4) is 0 Å². The van der Waals surface area contributed by atoms with Crippen molar-refractivity contribution < 1.29 is 5.11 Å². The highest BCUT2D eigenvalue weighted by molar-refractivity contribution is 5.20. The standard InChI is InChI=1S/C22H38O/c1-4-9-21-20-14-16(15-23)17-10-7-8-11-18(17)19(20)12-13-22(21,5-2)6-3/h10,16,18-21,23H,4-9,11-15H2,1-3H3/t16-,18?,19?,20?,21?/m0/s1. The van der Waals surface area contributed by atoms with Gasteiger partial charge in [0.05, 0.1) is 0 Å². The molecule has 2 fully saturated rings. The van der Waals surface area contributed by atoms with Crippen LogP contribution >= 0.6 is 0 Å². The van der Waals surface area contributed by atoms with Gasteiger partial charge in [0.1, 0.15) is 0 Å². The van der Waals surface area contributed by atoms with Crippen molar-refractivity contribution in [3.63, 3.8) is 0 Å². The normalized spacial score (nSPS) is 39.3. The van der Waals surface area contributed by atoms with Crippen LogP contribution in [0.25, 0.3) is 0 Å². The Kier molecular flexibility index (Phi) is 5.56. The lowest BCUT2D eigenvalue weighted by Gasteiger charge is -2.57. The minimum absolute atomic E-state index is 0.385. The van der Waals surface area contributed by atoms with E-state index in [4.69, 9.17) is 0 Å². The Morgan fingerprint density at radius 2 is 1.91 bits per heavy atom. The summed E-state index contributed by atoms with van der Waals surface area (Å²) in [5, 5.41) is 10.0. The molecule has 1 nitrogen and oxygen atoms in total. The molecule has 1 heteroatoms. The third-order valence-corrected chi connectivity index (χ3v) is 8.13. The second-order valence-corrected chi connectivity index (χ2v) is 8.69. The molecular formula is C22H38O. The van der Waals surface area contributed by atoms with Crippen molar-refractivity contribution in [2.75, 3.05) is 6.61 Å². The van der Waals surface area contributed by atoms with Gasteiger partial charge < -0.3 is 5.11 Å². The highest BCUT2D eigenvalue weighted by Crippen LogP contribution is 2.60. The lowest BCUT2D eigenvalue weighted by Crippen LogP contribution is -2.49. The number of aliphatic hydroxyl groups is 1. The largest absolute Gasteiger partial charge is 0.396 e. The average molecular weight is 319 g/mol. The first-order chi connectivity index (χ1) is 11.2. The molecule has 2 saturated carbocycles. The maximum Gasteiger partial charge on any atom is 0.0496 e. The monoisotopic (exact) mass is 318 g/mol. The zero-order valence-corrected chi connectivity index (χ0v) is 15.7. The van der Waals surface area contributed by atoms with Crippen molar-refractivity contribution in [2.45, 2.75) is 85.0 Å². The predicted octanol–water partition coefficient (Wildman–Crippen LogP) is 5.97. The van der Waals surface area contributed by atoms with Gasteiger partial charge in [-0.3, -0.25) is 0 Å². The highest BCUT2D eigenvalue weighted by atomic mass is 16.3. The summed E-state index contributed by atoms with van der Waals surface area (Å²) in [6, 6.07) is 0. The number of rotatable bonds is 5. The van der Waals surface area contributed by atoms with E-state index in [0.29, 0.717) is 17.9 Å². The molecule has 23 heavy (non-hydrogen) atoms. The maximum atomic E-state index is 10.0. The van der Waals surface area contributed by atoms with Crippen LogP contribution in [0.1, 0.15) is 85.0 Å². The van der Waals surface area contributed by atoms with Gasteiger partial charge in [-0.1, -0.05) is 51.7 Å². The molecule has 1 N–H and O–H groups in total. The van der Waals surface area contributed by atoms with Gasteiger partial charge >= 0.3 is 0 Å². The van der Waals surface area contributed by atoms with Crippen LogP contribution in [0.15, 0.2) is 11.6 Å². The second kappa shape index (κ2) is 7.30. The van der Waals surface area contributed by atoms with Crippen molar-refractivity contribution in [3.05, 3.63) is 11.6 Å². The molecule has 0 radical (unpaired) electrons. The Balaban J connectivity index is 1.92. The van der Waals surface area contributed by atoms with Crippen LogP contribution in [0.5, 0.6) is 0 Å². The topological polar surface area (TPSA) is 20.2 Å². The summed E-state index contributed by atoms with van der Waals surface area (Å²) in [5.41, 5.74) is 2.25. The van der Waals surface area contributed by atoms with Gasteiger partial charge in [0.2, 0.25) is 0 Å². The molecule has 5 atom stereocenters. The van der Waals surface area contributed by atoms with Crippen molar-refractivity contribution >= 4 is 0 Å². The molecule has 0 aromatic carbocycles. The van der Waals surface area contributed by atoms with Gasteiger partial charge in [0, 0.05) is 12.5 Å². The summed E-state index contributed by atoms with van der Waals surface area (Å²) < 4.78 is 0. The third kappa shape index (κ3) is 2.92. The molecule has 0 aromatic rings. The first kappa shape index (κ1) is 17.5. The molecule has 0 bridgehead atoms. The molecule has 3 aliphatic carbocycles. The Morgan fingerprint density at radius 3 is 2.57 bits per heavy atom. The van der Waals surface area contributed by atoms with Gasteiger partial charge in [-0.25, -0.2) is 0 Å². The Bertz CT molecular complexity index is 420. The summed E-state index contributed by atoms with van der Waals surface area (Å²) in [6.07, 6.45) is 16.2. The molecule has 4 unspecified atom stereocenters. The van der Waals surface area contributed by atoms with E-state index in [1.165, 1.54) is 64.2 Å². The molecule has 0 saturated heterocycles. The summed E-state index contributed by atoms with van der Waals surface area (Å²) in [4.78, 5) is 0. The van der Waals surface area contributed by atoms with Crippen LogP contribution in [-0.4, -0.2) is 11.7 Å². The van der Waals surface area contributed by atoms with Crippen molar-refractivity contribution in [2.24, 2.45) is 35.0 Å². The second-order valence-electron chi connectivity index (χ2n) is 8.69. The van der Waals surface area contributed by atoms with Gasteiger partial charge in [-0.2, -0.15) is 0 Å². The third-order valence-electron chi connectivity index (χ3n) is 8.13. The van der Waals surface area contributed by atoms with E-state index in [1.807, 2.05) is 0 Å². The molecule has 0 amide bonds. The van der Waals surface area contributed by atoms with Gasteiger partial charge in [-0.15, -0.1) is 0 Å². The molecule has 0 aromatic heterocycles. The Morgan fingerprint density at radius 1 is 1.13 bits per heavy atom. The van der Waals surface area contributed by atoms with E-state index in [9.17, 15) is 5.11 Å². The smallest absolute Gasteiger partial charge is 0.0496 e. The zero-order chi connectivity index (χ0) is 16.4. The summed E-state index contributed by atoms with van der Waals surface area (Å²) >= 11 is 0. The number of fused-ring (bicyclic) bond motifs is 3. The fourth-order valence-electron chi connectivity index (χ4n) is 6.90. The number of aliphatic hydroxyl groups excluding tert-OH is 1. The number of allylic oxidation sites excluding steroid dienone is 1. The van der Waals surface area contributed by atoms with Gasteiger partial charge in [-0.05, 0) is 74.0 Å². The minimum Gasteiger partial charge on any atom is -0.396 e. The van der Waals surface area contributed by atoms with Crippen molar-refractivity contribution in [3.8, 4) is 0 Å². The van der Waals surface area contributed by atoms with E-state index in [2.05, 4.69) is 26.8 Å². The summed E-state index contributed by atoms with van der Waals surface area (Å²) in [6.45, 7) is 7.63. The van der Waals surface area contributed by atoms with Crippen molar-refractivity contribution in [1.29, 1.82) is 0 Å². The van der Waals surface area contributed by atoms with E-state index in [0.717, 1.165) is 23.7 Å². The average Bonchev–Trinajstić information content (AvgIpc) is 2.61. The van der Waals surface area contributed by atoms with E-state index in [1.54, 1.807) is 5.57 Å². The first-order valence-corrected chi connectivity index (χ1v) is 10.5. The van der Waals surface area contributed by atoms with Gasteiger partial charge in [0.25, 0.3) is 0 Å². The van der Waals surface area contributed by atoms with E-state index >= 15 is 0 Å². The first-order valence-electron chi connectivity index (χ1n) is 10.5. The molecule has 0 aliphatic heterocycles. The fourth-order valence-corrected chi connectivity index (χ4v) is 6.90. The van der Waals surface area contributed by atoms with Crippen molar-refractivity contribution in [1.82, 2.24) is 0 Å². The van der Waals surface area contributed by atoms with Crippen LogP contribution in [0.2, 0.25) is 0 Å². The minimum atomic E-state index is 0.385. The number of hydrogen-bond acceptors (Lipinski definition) is 1. The number of hydrogen-bond donors (Lipinski definition) is 1. The van der Waals surface area contributed by atoms with E-state index < -0.39 is 0 Å². The quantitative estimate of drug-likeness (QED) is 0.619. The highest BCUT2D eigenvalue weighted by Gasteiger charge is 2.52. The lowest BCUT2D eigenvalue weighted by molar-refractivity contribution is -0.0554. The molecule has 3 rings (SSSR count). The molecule has 132 valence electrons. The zero-order valence-electron chi connectivity index (χ0n) is 15.7. The summed E-state index contributed by atoms with van der Waals surface area (Å²) in [7, 11) is 0. The maximum absolute atomic E-state index is 10.0. The van der Waals surface area contributed by atoms with Crippen LogP contribution in [-0.2, 0) is 0 Å². The summed E-state index contributed by atoms with van der Waals surface area (Å²) in [5.74, 6) is 3.99. The fraction of sp³-hybridized carbons (Fsp3) is 0.909. The Labute approximate surface area is 143 Å². The van der Waals surface area contributed by atoms with Crippen LogP contribution in [0.4, 0.5) is 0 Å². The Hall–Kier alpha value is -0.300. The lowest BCUT2D eigenvalue weighted by atomic mass is 9.48. The molecule has 0 spiro atoms. The van der Waals surface area contributed by atoms with Crippen LogP contribution < -0.4 is 0 Å². The molecule has 3 aliphatic rings. The van der Waals surface area contributed by atoms with E-state index in [-0.39, 0.29) is 0 Å². The molecular weight excluding hydrogens is 280 g/mol. The van der Waals surface area contributed by atoms with Crippen LogP contribution in [0, 0.1) is 35.0 Å².